The van der Waals surface area contributed by atoms with E-state index in [4.69, 9.17) is 4.74 Å². The molecule has 92 valence electrons. The van der Waals surface area contributed by atoms with Crippen molar-refractivity contribution in [3.8, 4) is 5.75 Å². The van der Waals surface area contributed by atoms with Crippen molar-refractivity contribution in [2.45, 2.75) is 25.0 Å². The van der Waals surface area contributed by atoms with Gasteiger partial charge < -0.3 is 9.84 Å². The summed E-state index contributed by atoms with van der Waals surface area (Å²) in [5, 5.41) is 10.4. The van der Waals surface area contributed by atoms with Crippen molar-refractivity contribution in [3.63, 3.8) is 0 Å². The third kappa shape index (κ3) is 2.12. The van der Waals surface area contributed by atoms with E-state index >= 15 is 0 Å². The van der Waals surface area contributed by atoms with E-state index in [-0.39, 0.29) is 6.10 Å². The van der Waals surface area contributed by atoms with Gasteiger partial charge in [-0.1, -0.05) is 42.5 Å². The second-order valence-corrected chi connectivity index (χ2v) is 4.65. The predicted molar refractivity (Wildman–Crippen MR) is 70.6 cm³/mol. The lowest BCUT2D eigenvalue weighted by atomic mass is 9.87. The maximum Gasteiger partial charge on any atom is 0.129 e. The van der Waals surface area contributed by atoms with Crippen LogP contribution >= 0.6 is 0 Å². The quantitative estimate of drug-likeness (QED) is 0.874. The Labute approximate surface area is 107 Å². The van der Waals surface area contributed by atoms with Crippen LogP contribution in [0.25, 0.3) is 0 Å². The summed E-state index contributed by atoms with van der Waals surface area (Å²) in [6.45, 7) is 0. The van der Waals surface area contributed by atoms with E-state index in [1.807, 2.05) is 48.5 Å². The second kappa shape index (κ2) is 4.83. The smallest absolute Gasteiger partial charge is 0.129 e. The Morgan fingerprint density at radius 1 is 0.944 bits per heavy atom. The van der Waals surface area contributed by atoms with E-state index in [2.05, 4.69) is 6.07 Å². The molecule has 1 aliphatic carbocycles. The standard InChI is InChI=1S/C16H16O2/c17-16-14-9-5-4-6-12(14)10-11-15(16)18-13-7-2-1-3-8-13/h1-9,15-17H,10-11H2. The van der Waals surface area contributed by atoms with E-state index in [0.29, 0.717) is 0 Å². The molecule has 1 aliphatic rings. The Morgan fingerprint density at radius 2 is 1.67 bits per heavy atom. The molecule has 0 spiro atoms. The van der Waals surface area contributed by atoms with Crippen LogP contribution in [0, 0.1) is 0 Å². The number of hydrogen-bond acceptors (Lipinski definition) is 2. The van der Waals surface area contributed by atoms with Gasteiger partial charge in [0.05, 0.1) is 0 Å². The SMILES string of the molecule is OC1c2ccccc2CCC1Oc1ccccc1. The molecule has 0 amide bonds. The number of aryl methyl sites for hydroxylation is 1. The van der Waals surface area contributed by atoms with Crippen LogP contribution in [0.1, 0.15) is 23.7 Å². The number of ether oxygens (including phenoxy) is 1. The molecule has 1 N–H and O–H groups in total. The van der Waals surface area contributed by atoms with Crippen molar-refractivity contribution < 1.29 is 9.84 Å². The third-order valence-corrected chi connectivity index (χ3v) is 3.45. The molecular weight excluding hydrogens is 224 g/mol. The van der Waals surface area contributed by atoms with E-state index in [1.54, 1.807) is 0 Å². The fourth-order valence-electron chi connectivity index (χ4n) is 2.50. The Kier molecular flexibility index (Phi) is 3.03. The number of para-hydroxylation sites is 1. The van der Waals surface area contributed by atoms with Crippen molar-refractivity contribution in [1.29, 1.82) is 0 Å². The Hall–Kier alpha value is -1.80. The lowest BCUT2D eigenvalue weighted by molar-refractivity contribution is 0.0231. The summed E-state index contributed by atoms with van der Waals surface area (Å²) in [6.07, 6.45) is 1.13. The summed E-state index contributed by atoms with van der Waals surface area (Å²) in [5.41, 5.74) is 2.24. The molecule has 2 heteroatoms. The molecule has 0 aliphatic heterocycles. The minimum absolute atomic E-state index is 0.151. The molecule has 0 heterocycles. The molecular formula is C16H16O2. The number of benzene rings is 2. The molecule has 0 bridgehead atoms. The van der Waals surface area contributed by atoms with Gasteiger partial charge in [-0.15, -0.1) is 0 Å². The molecule has 0 saturated carbocycles. The second-order valence-electron chi connectivity index (χ2n) is 4.65. The van der Waals surface area contributed by atoms with Crippen LogP contribution < -0.4 is 4.74 Å². The molecule has 0 saturated heterocycles. The average molecular weight is 240 g/mol. The largest absolute Gasteiger partial charge is 0.487 e. The topological polar surface area (TPSA) is 29.5 Å². The van der Waals surface area contributed by atoms with Crippen LogP contribution in [0.5, 0.6) is 5.75 Å². The summed E-state index contributed by atoms with van der Waals surface area (Å²) in [5.74, 6) is 0.820. The van der Waals surface area contributed by atoms with E-state index < -0.39 is 6.10 Å². The fourth-order valence-corrected chi connectivity index (χ4v) is 2.50. The third-order valence-electron chi connectivity index (χ3n) is 3.45. The molecule has 2 unspecified atom stereocenters. The van der Waals surface area contributed by atoms with Crippen LogP contribution in [0.4, 0.5) is 0 Å². The normalized spacial score (nSPS) is 22.3. The van der Waals surface area contributed by atoms with E-state index in [9.17, 15) is 5.11 Å². The Balaban J connectivity index is 1.81. The van der Waals surface area contributed by atoms with Crippen LogP contribution in [0.2, 0.25) is 0 Å². The minimum Gasteiger partial charge on any atom is -0.487 e. The molecule has 3 rings (SSSR count). The van der Waals surface area contributed by atoms with Gasteiger partial charge >= 0.3 is 0 Å². The molecule has 2 nitrogen and oxygen atoms in total. The van der Waals surface area contributed by atoms with Crippen LogP contribution in [0.3, 0.4) is 0 Å². The first-order valence-electron chi connectivity index (χ1n) is 6.32. The van der Waals surface area contributed by atoms with Gasteiger partial charge in [-0.05, 0) is 36.1 Å². The summed E-state index contributed by atoms with van der Waals surface area (Å²) in [7, 11) is 0. The van der Waals surface area contributed by atoms with Gasteiger partial charge in [0.25, 0.3) is 0 Å². The zero-order valence-corrected chi connectivity index (χ0v) is 10.1. The molecule has 18 heavy (non-hydrogen) atoms. The summed E-state index contributed by atoms with van der Waals surface area (Å²) in [6, 6.07) is 17.7. The summed E-state index contributed by atoms with van der Waals surface area (Å²) in [4.78, 5) is 0. The zero-order chi connectivity index (χ0) is 12.4. The van der Waals surface area contributed by atoms with Gasteiger partial charge in [-0.3, -0.25) is 0 Å². The van der Waals surface area contributed by atoms with Crippen LogP contribution in [-0.4, -0.2) is 11.2 Å². The van der Waals surface area contributed by atoms with E-state index in [1.165, 1.54) is 5.56 Å². The highest BCUT2D eigenvalue weighted by atomic mass is 16.5. The van der Waals surface area contributed by atoms with Crippen LogP contribution in [0.15, 0.2) is 54.6 Å². The number of fused-ring (bicyclic) bond motifs is 1. The monoisotopic (exact) mass is 240 g/mol. The molecule has 2 aromatic rings. The Bertz CT molecular complexity index is 522. The van der Waals surface area contributed by atoms with Crippen molar-refractivity contribution >= 4 is 0 Å². The molecule has 2 atom stereocenters. The maximum atomic E-state index is 10.4. The number of rotatable bonds is 2. The first-order chi connectivity index (χ1) is 8.84. The highest BCUT2D eigenvalue weighted by Crippen LogP contribution is 2.32. The zero-order valence-electron chi connectivity index (χ0n) is 10.1. The van der Waals surface area contributed by atoms with Gasteiger partial charge in [-0.25, -0.2) is 0 Å². The highest BCUT2D eigenvalue weighted by molar-refractivity contribution is 5.33. The predicted octanol–water partition coefficient (Wildman–Crippen LogP) is 3.11. The first-order valence-corrected chi connectivity index (χ1v) is 6.32. The summed E-state index contributed by atoms with van der Waals surface area (Å²) >= 11 is 0. The van der Waals surface area contributed by atoms with Gasteiger partial charge in [0, 0.05) is 0 Å². The minimum atomic E-state index is -0.532. The van der Waals surface area contributed by atoms with Crippen LogP contribution in [-0.2, 0) is 6.42 Å². The van der Waals surface area contributed by atoms with Gasteiger partial charge in [0.2, 0.25) is 0 Å². The summed E-state index contributed by atoms with van der Waals surface area (Å²) < 4.78 is 5.87. The lowest BCUT2D eigenvalue weighted by Gasteiger charge is -2.30. The Morgan fingerprint density at radius 3 is 2.50 bits per heavy atom. The number of hydrogen-bond donors (Lipinski definition) is 1. The van der Waals surface area contributed by atoms with Crippen molar-refractivity contribution in [2.24, 2.45) is 0 Å². The number of aliphatic hydroxyl groups excluding tert-OH is 1. The number of aliphatic hydroxyl groups is 1. The maximum absolute atomic E-state index is 10.4. The molecule has 2 aromatic carbocycles. The molecule has 0 radical (unpaired) electrons. The van der Waals surface area contributed by atoms with E-state index in [0.717, 1.165) is 24.2 Å². The fraction of sp³-hybridized carbons (Fsp3) is 0.250. The van der Waals surface area contributed by atoms with Gasteiger partial charge in [-0.2, -0.15) is 0 Å². The van der Waals surface area contributed by atoms with Gasteiger partial charge in [0.15, 0.2) is 0 Å². The highest BCUT2D eigenvalue weighted by Gasteiger charge is 2.29. The average Bonchev–Trinajstić information content (AvgIpc) is 2.43. The van der Waals surface area contributed by atoms with Crippen molar-refractivity contribution in [3.05, 3.63) is 65.7 Å². The molecule has 0 fully saturated rings. The van der Waals surface area contributed by atoms with Gasteiger partial charge in [0.1, 0.15) is 18.0 Å². The molecule has 0 aromatic heterocycles. The van der Waals surface area contributed by atoms with Crippen molar-refractivity contribution in [2.75, 3.05) is 0 Å². The lowest BCUT2D eigenvalue weighted by Crippen LogP contribution is -2.30. The first kappa shape index (κ1) is 11.3. The van der Waals surface area contributed by atoms with Crippen molar-refractivity contribution in [1.82, 2.24) is 0 Å².